The fraction of sp³-hybridized carbons (Fsp3) is 0.950. The molecule has 4 heteroatoms. The number of rotatable bonds is 3. The van der Waals surface area contributed by atoms with E-state index >= 15 is 0 Å². The van der Waals surface area contributed by atoms with Gasteiger partial charge in [0.1, 0.15) is 0 Å². The van der Waals surface area contributed by atoms with E-state index in [0.717, 1.165) is 6.92 Å². The average Bonchev–Trinajstić information content (AvgIpc) is 2.58. The molecule has 2 nitrogen and oxygen atoms in total. The molecule has 0 aliphatic heterocycles. The molecular weight excluding hydrogens is 410 g/mol. The molecule has 3 rings (SSSR count). The second kappa shape index (κ2) is 12.8. The van der Waals surface area contributed by atoms with Gasteiger partial charge in [0.15, 0.2) is 0 Å². The molecule has 0 spiro atoms. The Kier molecular flexibility index (Phi) is 12.1. The first-order valence-corrected chi connectivity index (χ1v) is 11.7. The van der Waals surface area contributed by atoms with Crippen molar-refractivity contribution in [2.75, 3.05) is 0 Å². The van der Waals surface area contributed by atoms with Crippen molar-refractivity contribution in [1.82, 2.24) is 0 Å². The summed E-state index contributed by atoms with van der Waals surface area (Å²) in [5.74, 6) is -0.833. The molecule has 0 saturated heterocycles. The molecule has 144 valence electrons. The van der Waals surface area contributed by atoms with Gasteiger partial charge in [-0.15, -0.1) is 0 Å². The molecule has 0 atom stereocenters. The molecule has 0 radical (unpaired) electrons. The first-order valence-electron chi connectivity index (χ1n) is 10.2. The van der Waals surface area contributed by atoms with E-state index in [0.29, 0.717) is 7.92 Å². The van der Waals surface area contributed by atoms with Gasteiger partial charge in [0.05, 0.1) is 0 Å². The van der Waals surface area contributed by atoms with Crippen LogP contribution in [-0.2, 0) is 25.2 Å². The minimum absolute atomic E-state index is 0. The number of aliphatic carboxylic acids is 1. The van der Waals surface area contributed by atoms with Crippen molar-refractivity contribution in [3.05, 3.63) is 0 Å². The standard InChI is InChI=1S/C18H33P.C2H4O2.Pd/c1-4-10-16(11-5-1)19(17-12-6-2-7-13-17)18-14-8-3-9-15-18;1-2(3)4;/h16-18H,1-15H2;1H3,(H,3,4);. The molecule has 24 heavy (non-hydrogen) atoms. The van der Waals surface area contributed by atoms with Gasteiger partial charge in [-0.2, -0.15) is 0 Å². The van der Waals surface area contributed by atoms with Gasteiger partial charge in [-0.1, -0.05) is 65.7 Å². The number of carboxylic acids is 1. The SMILES string of the molecule is C1CCC(P(C2CCCCC2)C2CCCCC2)CC1.CC(=O)O.[Pd]. The van der Waals surface area contributed by atoms with Crippen molar-refractivity contribution >= 4 is 13.9 Å². The molecule has 0 aromatic rings. The minimum Gasteiger partial charge on any atom is -0.481 e. The third kappa shape index (κ3) is 7.85. The zero-order chi connectivity index (χ0) is 16.5. The van der Waals surface area contributed by atoms with Crippen LogP contribution in [0, 0.1) is 0 Å². The summed E-state index contributed by atoms with van der Waals surface area (Å²) < 4.78 is 0. The van der Waals surface area contributed by atoms with Gasteiger partial charge in [-0.25, -0.2) is 0 Å². The predicted octanol–water partition coefficient (Wildman–Crippen LogP) is 6.55. The van der Waals surface area contributed by atoms with Crippen molar-refractivity contribution in [2.24, 2.45) is 0 Å². The maximum atomic E-state index is 9.00. The van der Waals surface area contributed by atoms with Crippen molar-refractivity contribution in [3.8, 4) is 0 Å². The van der Waals surface area contributed by atoms with E-state index in [1.807, 2.05) is 0 Å². The third-order valence-electron chi connectivity index (χ3n) is 5.99. The molecular formula is C20H37O2PPd. The van der Waals surface area contributed by atoms with Crippen LogP contribution < -0.4 is 0 Å². The van der Waals surface area contributed by atoms with Gasteiger partial charge in [-0.05, 0) is 55.5 Å². The zero-order valence-electron chi connectivity index (χ0n) is 15.5. The Balaban J connectivity index is 0.000000522. The van der Waals surface area contributed by atoms with E-state index in [1.54, 1.807) is 77.0 Å². The maximum Gasteiger partial charge on any atom is 0.300 e. The monoisotopic (exact) mass is 446 g/mol. The summed E-state index contributed by atoms with van der Waals surface area (Å²) in [6.45, 7) is 1.08. The first-order chi connectivity index (χ1) is 11.2. The largest absolute Gasteiger partial charge is 0.481 e. The Morgan fingerprint density at radius 2 is 0.875 bits per heavy atom. The van der Waals surface area contributed by atoms with Gasteiger partial charge in [0, 0.05) is 27.3 Å². The molecule has 0 bridgehead atoms. The summed E-state index contributed by atoms with van der Waals surface area (Å²) in [4.78, 5) is 9.00. The Morgan fingerprint density at radius 3 is 1.08 bits per heavy atom. The normalized spacial score (nSPS) is 23.9. The Morgan fingerprint density at radius 1 is 0.667 bits per heavy atom. The van der Waals surface area contributed by atoms with E-state index in [1.165, 1.54) is 36.2 Å². The Labute approximate surface area is 164 Å². The predicted molar refractivity (Wildman–Crippen MR) is 101 cm³/mol. The summed E-state index contributed by atoms with van der Waals surface area (Å²) in [7, 11) is 0.385. The molecule has 0 aromatic carbocycles. The average molecular weight is 447 g/mol. The number of hydrogen-bond acceptors (Lipinski definition) is 1. The smallest absolute Gasteiger partial charge is 0.300 e. The molecule has 1 N–H and O–H groups in total. The van der Waals surface area contributed by atoms with E-state index in [9.17, 15) is 0 Å². The number of carboxylic acid groups (broad SMARTS) is 1. The van der Waals surface area contributed by atoms with Crippen LogP contribution in [0.15, 0.2) is 0 Å². The second-order valence-electron chi connectivity index (χ2n) is 7.84. The Bertz CT molecular complexity index is 286. The first kappa shape index (κ1) is 22.6. The molecule has 3 fully saturated rings. The fourth-order valence-electron chi connectivity index (χ4n) is 5.03. The van der Waals surface area contributed by atoms with Crippen LogP contribution in [0.25, 0.3) is 0 Å². The molecule has 0 amide bonds. The molecule has 3 saturated carbocycles. The summed E-state index contributed by atoms with van der Waals surface area (Å²) in [5.41, 5.74) is 3.57. The quantitative estimate of drug-likeness (QED) is 0.394. The van der Waals surface area contributed by atoms with Gasteiger partial charge in [-0.3, -0.25) is 4.79 Å². The van der Waals surface area contributed by atoms with E-state index < -0.39 is 5.97 Å². The molecule has 3 aliphatic rings. The van der Waals surface area contributed by atoms with E-state index in [2.05, 4.69) is 0 Å². The zero-order valence-corrected chi connectivity index (χ0v) is 17.9. The summed E-state index contributed by atoms with van der Waals surface area (Å²) in [6, 6.07) is 0. The van der Waals surface area contributed by atoms with Crippen molar-refractivity contribution in [2.45, 2.75) is 120 Å². The summed E-state index contributed by atoms with van der Waals surface area (Å²) >= 11 is 0. The van der Waals surface area contributed by atoms with Crippen LogP contribution in [0.2, 0.25) is 0 Å². The molecule has 0 unspecified atom stereocenters. The van der Waals surface area contributed by atoms with Gasteiger partial charge >= 0.3 is 0 Å². The van der Waals surface area contributed by atoms with Crippen LogP contribution in [0.4, 0.5) is 0 Å². The van der Waals surface area contributed by atoms with Crippen molar-refractivity contribution in [1.29, 1.82) is 0 Å². The van der Waals surface area contributed by atoms with E-state index in [-0.39, 0.29) is 20.4 Å². The topological polar surface area (TPSA) is 37.3 Å². The number of hydrogen-bond donors (Lipinski definition) is 1. The van der Waals surface area contributed by atoms with E-state index in [4.69, 9.17) is 9.90 Å². The second-order valence-corrected chi connectivity index (χ2v) is 10.9. The van der Waals surface area contributed by atoms with Crippen molar-refractivity contribution < 1.29 is 30.3 Å². The molecule has 3 aliphatic carbocycles. The van der Waals surface area contributed by atoms with Gasteiger partial charge in [0.2, 0.25) is 0 Å². The minimum atomic E-state index is -0.833. The van der Waals surface area contributed by atoms with Crippen molar-refractivity contribution in [3.63, 3.8) is 0 Å². The summed E-state index contributed by atoms with van der Waals surface area (Å²) in [5, 5.41) is 7.42. The van der Waals surface area contributed by atoms with Crippen LogP contribution in [0.1, 0.15) is 103 Å². The fourth-order valence-corrected chi connectivity index (χ4v) is 9.71. The van der Waals surface area contributed by atoms with Crippen LogP contribution in [-0.4, -0.2) is 28.1 Å². The molecule has 0 heterocycles. The van der Waals surface area contributed by atoms with Crippen LogP contribution in [0.3, 0.4) is 0 Å². The molecule has 0 aromatic heterocycles. The number of carbonyl (C=O) groups is 1. The summed E-state index contributed by atoms with van der Waals surface area (Å²) in [6.07, 6.45) is 23.6. The Hall–Kier alpha value is 0.562. The van der Waals surface area contributed by atoms with Gasteiger partial charge < -0.3 is 5.11 Å². The van der Waals surface area contributed by atoms with Gasteiger partial charge in [0.25, 0.3) is 5.97 Å². The van der Waals surface area contributed by atoms with Crippen LogP contribution >= 0.6 is 7.92 Å². The third-order valence-corrected chi connectivity index (χ3v) is 10.1. The maximum absolute atomic E-state index is 9.00. The van der Waals surface area contributed by atoms with Crippen LogP contribution in [0.5, 0.6) is 0 Å².